The van der Waals surface area contributed by atoms with Gasteiger partial charge in [-0.3, -0.25) is 4.79 Å². The number of anilines is 1. The van der Waals surface area contributed by atoms with Gasteiger partial charge in [-0.15, -0.1) is 5.10 Å². The van der Waals surface area contributed by atoms with Crippen molar-refractivity contribution in [3.63, 3.8) is 0 Å². The molecule has 174 valence electrons. The van der Waals surface area contributed by atoms with Crippen LogP contribution in [0.3, 0.4) is 0 Å². The lowest BCUT2D eigenvalue weighted by molar-refractivity contribution is -0.118. The first-order valence-corrected chi connectivity index (χ1v) is 11.3. The van der Waals surface area contributed by atoms with Crippen LogP contribution in [-0.2, 0) is 9.53 Å². The van der Waals surface area contributed by atoms with Gasteiger partial charge >= 0.3 is 0 Å². The summed E-state index contributed by atoms with van der Waals surface area (Å²) in [6, 6.07) is 5.54. The van der Waals surface area contributed by atoms with E-state index in [1.165, 1.54) is 18.1 Å². The molecule has 2 bridgehead atoms. The zero-order valence-electron chi connectivity index (χ0n) is 18.8. The monoisotopic (exact) mass is 461 g/mol. The molecule has 0 spiro atoms. The summed E-state index contributed by atoms with van der Waals surface area (Å²) in [6.07, 6.45) is 8.80. The summed E-state index contributed by atoms with van der Waals surface area (Å²) in [4.78, 5) is 22.4. The Labute approximate surface area is 195 Å². The summed E-state index contributed by atoms with van der Waals surface area (Å²) >= 11 is 0. The molecule has 0 aliphatic carbocycles. The number of halogens is 1. The largest absolute Gasteiger partial charge is 0.463 e. The van der Waals surface area contributed by atoms with Gasteiger partial charge in [-0.05, 0) is 56.9 Å². The number of fused-ring (bicyclic) bond motifs is 3. The van der Waals surface area contributed by atoms with E-state index in [1.54, 1.807) is 41.6 Å². The fourth-order valence-electron chi connectivity index (χ4n) is 5.16. The Hall–Kier alpha value is -3.79. The van der Waals surface area contributed by atoms with Crippen LogP contribution in [0.2, 0.25) is 0 Å². The van der Waals surface area contributed by atoms with Crippen LogP contribution in [-0.4, -0.2) is 43.8 Å². The molecular weight excluding hydrogens is 437 g/mol. The number of nitrogens with one attached hydrogen (secondary N) is 1. The average molecular weight is 462 g/mol. The number of benzene rings is 1. The Balaban J connectivity index is 1.37. The fraction of sp³-hybridized carbons (Fsp3) is 0.333. The summed E-state index contributed by atoms with van der Waals surface area (Å²) in [5, 5.41) is 8.11. The molecule has 1 amide bonds. The molecule has 3 atom stereocenters. The van der Waals surface area contributed by atoms with Gasteiger partial charge in [0.1, 0.15) is 5.82 Å². The zero-order chi connectivity index (χ0) is 23.6. The van der Waals surface area contributed by atoms with Crippen molar-refractivity contribution in [3.05, 3.63) is 59.5 Å². The maximum Gasteiger partial charge on any atom is 0.285 e. The second-order valence-corrected chi connectivity index (χ2v) is 9.00. The molecule has 1 unspecified atom stereocenters. The second-order valence-electron chi connectivity index (χ2n) is 9.00. The highest BCUT2D eigenvalue weighted by Crippen LogP contribution is 2.35. The summed E-state index contributed by atoms with van der Waals surface area (Å²) < 4.78 is 22.1. The molecule has 1 aromatic carbocycles. The highest BCUT2D eigenvalue weighted by atomic mass is 19.1. The van der Waals surface area contributed by atoms with Crippen LogP contribution >= 0.6 is 0 Å². The lowest BCUT2D eigenvalue weighted by Crippen LogP contribution is -2.32. The minimum Gasteiger partial charge on any atom is -0.463 e. The zero-order valence-corrected chi connectivity index (χ0v) is 18.8. The van der Waals surface area contributed by atoms with Crippen molar-refractivity contribution in [1.29, 1.82) is 0 Å². The minimum absolute atomic E-state index is 0.0987. The van der Waals surface area contributed by atoms with Crippen LogP contribution in [0.4, 0.5) is 10.1 Å². The molecular formula is C24H24FN7O2. The van der Waals surface area contributed by atoms with E-state index in [-0.39, 0.29) is 17.1 Å². The predicted octanol–water partition coefficient (Wildman–Crippen LogP) is 2.74. The van der Waals surface area contributed by atoms with Gasteiger partial charge in [0.25, 0.3) is 11.7 Å². The lowest BCUT2D eigenvalue weighted by Gasteiger charge is -2.24. The van der Waals surface area contributed by atoms with E-state index < -0.39 is 18.0 Å². The van der Waals surface area contributed by atoms with E-state index in [9.17, 15) is 9.18 Å². The van der Waals surface area contributed by atoms with Crippen molar-refractivity contribution in [2.24, 2.45) is 5.73 Å². The van der Waals surface area contributed by atoms with Gasteiger partial charge in [-0.2, -0.15) is 4.98 Å². The Kier molecular flexibility index (Phi) is 4.66. The van der Waals surface area contributed by atoms with Crippen molar-refractivity contribution < 1.29 is 13.9 Å². The Morgan fingerprint density at radius 3 is 2.94 bits per heavy atom. The number of hydrogen-bond donors (Lipinski definition) is 2. The molecule has 0 saturated carbocycles. The molecule has 1 fully saturated rings. The van der Waals surface area contributed by atoms with Crippen molar-refractivity contribution in [2.75, 3.05) is 4.90 Å². The van der Waals surface area contributed by atoms with Crippen LogP contribution in [0, 0.1) is 5.82 Å². The van der Waals surface area contributed by atoms with E-state index in [4.69, 9.17) is 10.5 Å². The molecule has 1 saturated heterocycles. The number of carbonyl (C=O) groups excluding carboxylic acids is 1. The number of primary amides is 1. The molecule has 3 N–H and O–H groups in total. The normalized spacial score (nSPS) is 24.0. The minimum atomic E-state index is -0.644. The third-order valence-electron chi connectivity index (χ3n) is 6.74. The molecule has 9 nitrogen and oxygen atoms in total. The Morgan fingerprint density at radius 2 is 2.18 bits per heavy atom. The number of rotatable bonds is 4. The van der Waals surface area contributed by atoms with E-state index >= 15 is 0 Å². The van der Waals surface area contributed by atoms with Gasteiger partial charge in [0.15, 0.2) is 12.1 Å². The number of hydrogen-bond acceptors (Lipinski definition) is 7. The summed E-state index contributed by atoms with van der Waals surface area (Å²) in [7, 11) is 0. The van der Waals surface area contributed by atoms with Gasteiger partial charge in [0.2, 0.25) is 5.76 Å². The second kappa shape index (κ2) is 7.63. The molecule has 10 heteroatoms. The fourth-order valence-corrected chi connectivity index (χ4v) is 5.16. The smallest absolute Gasteiger partial charge is 0.285 e. The number of carbonyl (C=O) groups is 1. The van der Waals surface area contributed by atoms with Gasteiger partial charge in [0.05, 0.1) is 11.3 Å². The third-order valence-corrected chi connectivity index (χ3v) is 6.74. The van der Waals surface area contributed by atoms with Crippen molar-refractivity contribution >= 4 is 22.9 Å². The van der Waals surface area contributed by atoms with Crippen LogP contribution in [0.25, 0.3) is 22.7 Å². The number of allylic oxidation sites excluding steroid dienone is 1. The van der Waals surface area contributed by atoms with Gasteiger partial charge < -0.3 is 20.7 Å². The first-order chi connectivity index (χ1) is 16.4. The molecule has 3 aliphatic rings. The number of amides is 1. The summed E-state index contributed by atoms with van der Waals surface area (Å²) in [5.74, 6) is -0.377. The van der Waals surface area contributed by atoms with Gasteiger partial charge in [-0.1, -0.05) is 6.08 Å². The average Bonchev–Trinajstić information content (AvgIpc) is 3.48. The maximum atomic E-state index is 14.9. The maximum absolute atomic E-state index is 14.9. The highest BCUT2D eigenvalue weighted by molar-refractivity contribution is 5.92. The Morgan fingerprint density at radius 1 is 1.32 bits per heavy atom. The van der Waals surface area contributed by atoms with Crippen LogP contribution in [0.1, 0.15) is 38.7 Å². The van der Waals surface area contributed by atoms with Crippen molar-refractivity contribution in [3.8, 4) is 11.4 Å². The van der Waals surface area contributed by atoms with E-state index in [2.05, 4.69) is 26.5 Å². The number of aromatic nitrogens is 4. The molecule has 3 aliphatic heterocycles. The number of nitrogens with two attached hydrogens (primary N) is 1. The van der Waals surface area contributed by atoms with E-state index in [1.807, 2.05) is 6.20 Å². The first kappa shape index (κ1) is 20.8. The van der Waals surface area contributed by atoms with E-state index in [0.29, 0.717) is 29.2 Å². The van der Waals surface area contributed by atoms with Crippen LogP contribution in [0.15, 0.2) is 48.1 Å². The topological polar surface area (TPSA) is 111 Å². The first-order valence-electron chi connectivity index (χ1n) is 11.3. The number of nitrogens with zero attached hydrogens (tertiary/aromatic N) is 5. The predicted molar refractivity (Wildman–Crippen MR) is 124 cm³/mol. The molecule has 5 heterocycles. The summed E-state index contributed by atoms with van der Waals surface area (Å²) in [6.45, 7) is 3.53. The number of ether oxygens (including phenoxy) is 1. The van der Waals surface area contributed by atoms with Crippen molar-refractivity contribution in [2.45, 2.75) is 51.4 Å². The lowest BCUT2D eigenvalue weighted by atomic mass is 9.98. The van der Waals surface area contributed by atoms with Gasteiger partial charge in [0, 0.05) is 35.7 Å². The Bertz CT molecular complexity index is 1400. The molecule has 2 aromatic heterocycles. The van der Waals surface area contributed by atoms with Crippen molar-refractivity contribution in [1.82, 2.24) is 24.9 Å². The van der Waals surface area contributed by atoms with Gasteiger partial charge in [-0.25, -0.2) is 13.9 Å². The molecule has 0 radical (unpaired) electrons. The molecule has 34 heavy (non-hydrogen) atoms. The molecule has 6 rings (SSSR count). The van der Waals surface area contributed by atoms with Crippen LogP contribution < -0.4 is 16.0 Å². The molecule has 3 aromatic rings. The standard InChI is InChI=1S/C24H24FN7O2/c1-12-21(22(26)33)34-13(2)32(12)18-5-6-20(25)19(9-18)23-29-24-27-10-15(11-31(24)30-23)14-7-16-3-4-17(8-14)28-16/h5-7,9-11,13,16-17,28H,3-4,8H2,1-2H3,(H2,26,33)/t13?,16-,17+/m0/s1. The van der Waals surface area contributed by atoms with Crippen LogP contribution in [0.5, 0.6) is 0 Å². The highest BCUT2D eigenvalue weighted by Gasteiger charge is 2.32. The summed E-state index contributed by atoms with van der Waals surface area (Å²) in [5.41, 5.74) is 9.11. The van der Waals surface area contributed by atoms with E-state index in [0.717, 1.165) is 18.4 Å². The SMILES string of the molecule is CC1=C(C(N)=O)OC(C)N1c1ccc(F)c(-c2nc3ncc(C4=C[C@@H]5CC[C@H](C4)N5)cn3n2)c1. The third kappa shape index (κ3) is 3.33. The quantitative estimate of drug-likeness (QED) is 0.615.